The summed E-state index contributed by atoms with van der Waals surface area (Å²) in [5, 5.41) is 11.7. The van der Waals surface area contributed by atoms with Gasteiger partial charge in [-0.25, -0.2) is 0 Å². The molecule has 1 unspecified atom stereocenters. The summed E-state index contributed by atoms with van der Waals surface area (Å²) in [6.07, 6.45) is 5.83. The Kier molecular flexibility index (Phi) is 7.81. The lowest BCUT2D eigenvalue weighted by atomic mass is 9.86. The molecule has 0 heterocycles. The second kappa shape index (κ2) is 9.09. The fraction of sp³-hybridized carbons (Fsp3) is 0.650. The van der Waals surface area contributed by atoms with Crippen molar-refractivity contribution in [2.75, 3.05) is 6.54 Å². The van der Waals surface area contributed by atoms with E-state index in [2.05, 4.69) is 64.2 Å². The monoisotopic (exact) mass is 302 g/mol. The average Bonchev–Trinajstić information content (AvgIpc) is 2.46. The summed E-state index contributed by atoms with van der Waals surface area (Å²) in [7, 11) is 0. The first-order valence-electron chi connectivity index (χ1n) is 8.74. The summed E-state index contributed by atoms with van der Waals surface area (Å²) in [5.74, 6) is 0. The lowest BCUT2D eigenvalue weighted by Crippen LogP contribution is -2.35. The van der Waals surface area contributed by atoms with E-state index in [1.54, 1.807) is 0 Å². The quantitative estimate of drug-likeness (QED) is 0.483. The maximum atomic E-state index is 8.26. The van der Waals surface area contributed by atoms with Crippen molar-refractivity contribution in [2.45, 2.75) is 78.2 Å². The van der Waals surface area contributed by atoms with Gasteiger partial charge in [0.05, 0.1) is 0 Å². The van der Waals surface area contributed by atoms with Gasteiger partial charge in [0.15, 0.2) is 0 Å². The summed E-state index contributed by atoms with van der Waals surface area (Å²) in [4.78, 5) is 0. The molecule has 0 radical (unpaired) electrons. The predicted molar refractivity (Wildman–Crippen MR) is 98.2 cm³/mol. The molecule has 1 aromatic carbocycles. The van der Waals surface area contributed by atoms with E-state index < -0.39 is 0 Å². The van der Waals surface area contributed by atoms with Gasteiger partial charge < -0.3 is 10.7 Å². The Morgan fingerprint density at radius 2 is 1.73 bits per heavy atom. The number of benzene rings is 1. The zero-order valence-electron chi connectivity index (χ0n) is 15.1. The summed E-state index contributed by atoms with van der Waals surface area (Å²) >= 11 is 0. The van der Waals surface area contributed by atoms with Crippen LogP contribution in [0.1, 0.15) is 71.4 Å². The van der Waals surface area contributed by atoms with Crippen LogP contribution in [0.2, 0.25) is 0 Å². The molecule has 0 aliphatic rings. The molecule has 0 spiro atoms. The van der Waals surface area contributed by atoms with E-state index in [0.717, 1.165) is 18.7 Å². The lowest BCUT2D eigenvalue weighted by Gasteiger charge is -2.20. The normalized spacial score (nSPS) is 13.1. The van der Waals surface area contributed by atoms with Gasteiger partial charge in [-0.2, -0.15) is 0 Å². The molecule has 0 aliphatic heterocycles. The molecule has 22 heavy (non-hydrogen) atoms. The molecular formula is C20H34N2. The van der Waals surface area contributed by atoms with Gasteiger partial charge in [0.1, 0.15) is 0 Å². The summed E-state index contributed by atoms with van der Waals surface area (Å²) in [5.41, 5.74) is 3.56. The first-order chi connectivity index (χ1) is 10.3. The van der Waals surface area contributed by atoms with Gasteiger partial charge in [-0.05, 0) is 36.4 Å². The average molecular weight is 303 g/mol. The molecule has 0 saturated heterocycles. The van der Waals surface area contributed by atoms with Gasteiger partial charge in [0.2, 0.25) is 0 Å². The Morgan fingerprint density at radius 3 is 2.27 bits per heavy atom. The molecule has 0 amide bonds. The molecule has 0 aliphatic carbocycles. The number of hydrogen-bond acceptors (Lipinski definition) is 2. The van der Waals surface area contributed by atoms with Crippen LogP contribution >= 0.6 is 0 Å². The van der Waals surface area contributed by atoms with Crippen LogP contribution < -0.4 is 5.32 Å². The fourth-order valence-electron chi connectivity index (χ4n) is 2.49. The molecule has 0 saturated carbocycles. The molecule has 0 fully saturated rings. The fourth-order valence-corrected chi connectivity index (χ4v) is 2.49. The first kappa shape index (κ1) is 18.9. The summed E-state index contributed by atoms with van der Waals surface area (Å²) in [6, 6.07) is 8.91. The van der Waals surface area contributed by atoms with Crippen molar-refractivity contribution in [1.82, 2.24) is 5.32 Å². The highest BCUT2D eigenvalue weighted by molar-refractivity contribution is 5.88. The van der Waals surface area contributed by atoms with Crippen LogP contribution in [0, 0.1) is 5.41 Å². The Bertz CT molecular complexity index is 440. The highest BCUT2D eigenvalue weighted by atomic mass is 14.9. The van der Waals surface area contributed by atoms with E-state index in [0.29, 0.717) is 0 Å². The van der Waals surface area contributed by atoms with E-state index in [1.165, 1.54) is 36.8 Å². The Labute approximate surface area is 137 Å². The van der Waals surface area contributed by atoms with Gasteiger partial charge >= 0.3 is 0 Å². The van der Waals surface area contributed by atoms with Crippen molar-refractivity contribution in [2.24, 2.45) is 0 Å². The standard InChI is InChI=1S/C20H34N2/c1-6-7-8-9-14-22-16(2)19(21)15-17-10-12-18(13-11-17)20(3,4)5/h10-13,16,21-22H,6-9,14-15H2,1-5H3. The molecule has 1 atom stereocenters. The van der Waals surface area contributed by atoms with Crippen LogP contribution in [-0.2, 0) is 11.8 Å². The molecule has 1 rings (SSSR count). The van der Waals surface area contributed by atoms with Crippen molar-refractivity contribution in [3.8, 4) is 0 Å². The van der Waals surface area contributed by atoms with Crippen LogP contribution in [0.4, 0.5) is 0 Å². The minimum atomic E-state index is 0.170. The molecule has 124 valence electrons. The van der Waals surface area contributed by atoms with Crippen LogP contribution in [-0.4, -0.2) is 18.3 Å². The summed E-state index contributed by atoms with van der Waals surface area (Å²) in [6.45, 7) is 12.0. The smallest absolute Gasteiger partial charge is 0.0422 e. The molecule has 2 nitrogen and oxygen atoms in total. The number of rotatable bonds is 9. The van der Waals surface area contributed by atoms with Crippen molar-refractivity contribution in [1.29, 1.82) is 5.41 Å². The topological polar surface area (TPSA) is 35.9 Å². The van der Waals surface area contributed by atoms with E-state index in [4.69, 9.17) is 5.41 Å². The van der Waals surface area contributed by atoms with Gasteiger partial charge in [0, 0.05) is 18.2 Å². The van der Waals surface area contributed by atoms with Gasteiger partial charge in [-0.1, -0.05) is 71.2 Å². The van der Waals surface area contributed by atoms with Crippen LogP contribution in [0.15, 0.2) is 24.3 Å². The molecule has 2 N–H and O–H groups in total. The van der Waals surface area contributed by atoms with Crippen LogP contribution in [0.5, 0.6) is 0 Å². The van der Waals surface area contributed by atoms with Crippen molar-refractivity contribution >= 4 is 5.71 Å². The van der Waals surface area contributed by atoms with Gasteiger partial charge in [0.25, 0.3) is 0 Å². The molecule has 0 bridgehead atoms. The van der Waals surface area contributed by atoms with Crippen molar-refractivity contribution < 1.29 is 0 Å². The maximum absolute atomic E-state index is 8.26. The minimum Gasteiger partial charge on any atom is -0.309 e. The van der Waals surface area contributed by atoms with E-state index in [9.17, 15) is 0 Å². The number of hydrogen-bond donors (Lipinski definition) is 2. The maximum Gasteiger partial charge on any atom is 0.0422 e. The third-order valence-electron chi connectivity index (χ3n) is 4.22. The third kappa shape index (κ3) is 6.74. The van der Waals surface area contributed by atoms with Crippen molar-refractivity contribution in [3.63, 3.8) is 0 Å². The SMILES string of the molecule is CCCCCCNC(C)C(=N)Cc1ccc(C(C)(C)C)cc1. The number of nitrogens with one attached hydrogen (secondary N) is 2. The van der Waals surface area contributed by atoms with Crippen molar-refractivity contribution in [3.05, 3.63) is 35.4 Å². The summed E-state index contributed by atoms with van der Waals surface area (Å²) < 4.78 is 0. The third-order valence-corrected chi connectivity index (χ3v) is 4.22. The Balaban J connectivity index is 2.40. The minimum absolute atomic E-state index is 0.170. The first-order valence-corrected chi connectivity index (χ1v) is 8.74. The van der Waals surface area contributed by atoms with Gasteiger partial charge in [-0.15, -0.1) is 0 Å². The van der Waals surface area contributed by atoms with Crippen LogP contribution in [0.3, 0.4) is 0 Å². The molecular weight excluding hydrogens is 268 g/mol. The number of unbranched alkanes of at least 4 members (excludes halogenated alkanes) is 3. The van der Waals surface area contributed by atoms with Crippen LogP contribution in [0.25, 0.3) is 0 Å². The molecule has 2 heteroatoms. The van der Waals surface area contributed by atoms with E-state index >= 15 is 0 Å². The second-order valence-corrected chi connectivity index (χ2v) is 7.39. The molecule has 1 aromatic rings. The second-order valence-electron chi connectivity index (χ2n) is 7.39. The Hall–Kier alpha value is -1.15. The van der Waals surface area contributed by atoms with E-state index in [1.807, 2.05) is 0 Å². The lowest BCUT2D eigenvalue weighted by molar-refractivity contribution is 0.580. The van der Waals surface area contributed by atoms with E-state index in [-0.39, 0.29) is 11.5 Å². The van der Waals surface area contributed by atoms with Gasteiger partial charge in [-0.3, -0.25) is 0 Å². The highest BCUT2D eigenvalue weighted by Crippen LogP contribution is 2.22. The Morgan fingerprint density at radius 1 is 1.09 bits per heavy atom. The zero-order chi connectivity index (χ0) is 16.6. The zero-order valence-corrected chi connectivity index (χ0v) is 15.1. The largest absolute Gasteiger partial charge is 0.309 e. The highest BCUT2D eigenvalue weighted by Gasteiger charge is 2.14. The predicted octanol–water partition coefficient (Wildman–Crippen LogP) is 5.10. The molecule has 0 aromatic heterocycles.